The predicted octanol–water partition coefficient (Wildman–Crippen LogP) is 3.47. The lowest BCUT2D eigenvalue weighted by atomic mass is 10.1. The monoisotopic (exact) mass is 448 g/mol. The maximum absolute atomic E-state index is 12.1. The van der Waals surface area contributed by atoms with Gasteiger partial charge in [-0.05, 0) is 43.2 Å². The van der Waals surface area contributed by atoms with Gasteiger partial charge in [0.05, 0.1) is 18.7 Å². The van der Waals surface area contributed by atoms with E-state index in [9.17, 15) is 9.90 Å². The molecule has 0 unspecified atom stereocenters. The van der Waals surface area contributed by atoms with Gasteiger partial charge >= 0.3 is 0 Å². The topological polar surface area (TPSA) is 80.3 Å². The van der Waals surface area contributed by atoms with Crippen LogP contribution >= 0.6 is 11.6 Å². The molecule has 0 radical (unpaired) electrons. The summed E-state index contributed by atoms with van der Waals surface area (Å²) in [6.07, 6.45) is 1.72. The molecule has 1 heterocycles. The van der Waals surface area contributed by atoms with E-state index in [1.807, 2.05) is 6.07 Å². The molecular weight excluding hydrogens is 420 g/mol. The third-order valence-electron chi connectivity index (χ3n) is 5.32. The van der Waals surface area contributed by atoms with Gasteiger partial charge in [0.15, 0.2) is 0 Å². The minimum absolute atomic E-state index is 0.0430. The van der Waals surface area contributed by atoms with Crippen molar-refractivity contribution in [3.05, 3.63) is 52.5 Å². The van der Waals surface area contributed by atoms with Gasteiger partial charge < -0.3 is 24.6 Å². The number of aromatic hydroxyl groups is 1. The van der Waals surface area contributed by atoms with Crippen LogP contribution in [0.25, 0.3) is 0 Å². The number of phenols is 1. The van der Waals surface area contributed by atoms with Crippen LogP contribution < -0.4 is 14.8 Å². The van der Waals surface area contributed by atoms with Crippen molar-refractivity contribution in [2.75, 3.05) is 40.5 Å². The summed E-state index contributed by atoms with van der Waals surface area (Å²) in [6.45, 7) is 3.18. The highest BCUT2D eigenvalue weighted by Gasteiger charge is 2.23. The number of hydrogen-bond donors (Lipinski definition) is 2. The Kier molecular flexibility index (Phi) is 8.40. The van der Waals surface area contributed by atoms with Crippen molar-refractivity contribution in [1.82, 2.24) is 10.2 Å². The summed E-state index contributed by atoms with van der Waals surface area (Å²) in [5.41, 5.74) is 1.28. The SMILES string of the molecule is COCCNC(=O)c1ccc(OC2CCN(Cc3c(O)cccc3OC)CC2)c(Cl)c1. The number of halogens is 1. The van der Waals surface area contributed by atoms with Crippen LogP contribution in [0.2, 0.25) is 5.02 Å². The average Bonchev–Trinajstić information content (AvgIpc) is 2.77. The van der Waals surface area contributed by atoms with Crippen LogP contribution in [0.4, 0.5) is 0 Å². The fourth-order valence-corrected chi connectivity index (χ4v) is 3.82. The lowest BCUT2D eigenvalue weighted by molar-refractivity contribution is 0.0935. The van der Waals surface area contributed by atoms with E-state index in [0.717, 1.165) is 31.5 Å². The van der Waals surface area contributed by atoms with Crippen molar-refractivity contribution in [3.63, 3.8) is 0 Å². The Morgan fingerprint density at radius 3 is 2.65 bits per heavy atom. The minimum atomic E-state index is -0.196. The molecule has 0 spiro atoms. The Morgan fingerprint density at radius 1 is 1.19 bits per heavy atom. The first-order valence-electron chi connectivity index (χ1n) is 10.3. The molecule has 1 saturated heterocycles. The Morgan fingerprint density at radius 2 is 1.97 bits per heavy atom. The fraction of sp³-hybridized carbons (Fsp3) is 0.435. The summed E-state index contributed by atoms with van der Waals surface area (Å²) in [5.74, 6) is 1.32. The standard InChI is InChI=1S/C23H29ClN2O5/c1-29-13-10-25-23(28)16-6-7-22(19(24)14-16)31-17-8-11-26(12-9-17)15-18-20(27)4-3-5-21(18)30-2/h3-7,14,17,27H,8-13,15H2,1-2H3,(H,25,28). The van der Waals surface area contributed by atoms with Crippen LogP contribution in [0, 0.1) is 0 Å². The molecule has 1 aliphatic heterocycles. The molecule has 8 heteroatoms. The van der Waals surface area contributed by atoms with E-state index in [-0.39, 0.29) is 17.8 Å². The normalized spacial score (nSPS) is 14.9. The van der Waals surface area contributed by atoms with Crippen LogP contribution in [-0.4, -0.2) is 62.5 Å². The number of carbonyl (C=O) groups excluding carboxylic acids is 1. The molecule has 1 fully saturated rings. The Hall–Kier alpha value is -2.48. The zero-order chi connectivity index (χ0) is 22.2. The largest absolute Gasteiger partial charge is 0.507 e. The van der Waals surface area contributed by atoms with E-state index < -0.39 is 0 Å². The summed E-state index contributed by atoms with van der Waals surface area (Å²) in [5, 5.41) is 13.4. The summed E-state index contributed by atoms with van der Waals surface area (Å²) >= 11 is 6.36. The number of nitrogens with zero attached hydrogens (tertiary/aromatic N) is 1. The van der Waals surface area contributed by atoms with E-state index in [2.05, 4.69) is 10.2 Å². The third-order valence-corrected chi connectivity index (χ3v) is 5.62. The molecule has 31 heavy (non-hydrogen) atoms. The zero-order valence-corrected chi connectivity index (χ0v) is 18.7. The molecule has 3 rings (SSSR count). The molecule has 0 atom stereocenters. The molecule has 1 aliphatic rings. The molecule has 7 nitrogen and oxygen atoms in total. The maximum Gasteiger partial charge on any atom is 0.251 e. The second-order valence-corrected chi connectivity index (χ2v) is 7.85. The summed E-state index contributed by atoms with van der Waals surface area (Å²) in [7, 11) is 3.19. The number of benzene rings is 2. The minimum Gasteiger partial charge on any atom is -0.507 e. The molecule has 1 amide bonds. The van der Waals surface area contributed by atoms with Gasteiger partial charge in [-0.2, -0.15) is 0 Å². The van der Waals surface area contributed by atoms with E-state index >= 15 is 0 Å². The lowest BCUT2D eigenvalue weighted by Gasteiger charge is -2.32. The molecule has 2 aromatic rings. The van der Waals surface area contributed by atoms with Gasteiger partial charge in [0.1, 0.15) is 23.4 Å². The summed E-state index contributed by atoms with van der Waals surface area (Å²) in [6, 6.07) is 10.4. The van der Waals surface area contributed by atoms with E-state index in [1.54, 1.807) is 44.6 Å². The molecule has 0 bridgehead atoms. The number of carbonyl (C=O) groups is 1. The number of amides is 1. The first-order chi connectivity index (χ1) is 15.0. The molecule has 2 N–H and O–H groups in total. The van der Waals surface area contributed by atoms with Crippen molar-refractivity contribution >= 4 is 17.5 Å². The Bertz CT molecular complexity index is 884. The predicted molar refractivity (Wildman–Crippen MR) is 119 cm³/mol. The number of ether oxygens (including phenoxy) is 3. The van der Waals surface area contributed by atoms with Crippen LogP contribution in [0.5, 0.6) is 17.2 Å². The second kappa shape index (κ2) is 11.2. The van der Waals surface area contributed by atoms with E-state index in [4.69, 9.17) is 25.8 Å². The third kappa shape index (κ3) is 6.26. The number of likely N-dealkylation sites (tertiary alicyclic amines) is 1. The number of hydrogen-bond acceptors (Lipinski definition) is 6. The van der Waals surface area contributed by atoms with Crippen LogP contribution in [0.3, 0.4) is 0 Å². The van der Waals surface area contributed by atoms with Gasteiger partial charge in [-0.3, -0.25) is 9.69 Å². The van der Waals surface area contributed by atoms with Gasteiger partial charge in [0.25, 0.3) is 5.91 Å². The highest BCUT2D eigenvalue weighted by Crippen LogP contribution is 2.31. The van der Waals surface area contributed by atoms with Crippen molar-refractivity contribution in [1.29, 1.82) is 0 Å². The van der Waals surface area contributed by atoms with Gasteiger partial charge in [-0.1, -0.05) is 17.7 Å². The van der Waals surface area contributed by atoms with Gasteiger partial charge in [0.2, 0.25) is 0 Å². The summed E-state index contributed by atoms with van der Waals surface area (Å²) in [4.78, 5) is 14.4. The maximum atomic E-state index is 12.1. The molecule has 2 aromatic carbocycles. The number of phenolic OH excluding ortho intramolecular Hbond substituents is 1. The fourth-order valence-electron chi connectivity index (χ4n) is 3.60. The van der Waals surface area contributed by atoms with Crippen molar-refractivity contribution in [2.45, 2.75) is 25.5 Å². The number of methoxy groups -OCH3 is 2. The molecule has 0 aromatic heterocycles. The van der Waals surface area contributed by atoms with Crippen molar-refractivity contribution in [2.24, 2.45) is 0 Å². The van der Waals surface area contributed by atoms with Crippen molar-refractivity contribution < 1.29 is 24.1 Å². The van der Waals surface area contributed by atoms with Crippen LogP contribution in [0.1, 0.15) is 28.8 Å². The average molecular weight is 449 g/mol. The van der Waals surface area contributed by atoms with Crippen LogP contribution in [-0.2, 0) is 11.3 Å². The first-order valence-corrected chi connectivity index (χ1v) is 10.7. The van der Waals surface area contributed by atoms with Crippen LogP contribution in [0.15, 0.2) is 36.4 Å². The van der Waals surface area contributed by atoms with Gasteiger partial charge in [-0.15, -0.1) is 0 Å². The highest BCUT2D eigenvalue weighted by molar-refractivity contribution is 6.32. The van der Waals surface area contributed by atoms with E-state index in [0.29, 0.717) is 41.8 Å². The molecular formula is C23H29ClN2O5. The number of piperidine rings is 1. The Labute approximate surface area is 187 Å². The molecule has 0 aliphatic carbocycles. The first kappa shape index (κ1) is 23.2. The molecule has 0 saturated carbocycles. The Balaban J connectivity index is 1.52. The quantitative estimate of drug-likeness (QED) is 0.572. The van der Waals surface area contributed by atoms with E-state index in [1.165, 1.54) is 0 Å². The molecule has 168 valence electrons. The second-order valence-electron chi connectivity index (χ2n) is 7.45. The number of nitrogens with one attached hydrogen (secondary N) is 1. The van der Waals surface area contributed by atoms with Gasteiger partial charge in [-0.25, -0.2) is 0 Å². The summed E-state index contributed by atoms with van der Waals surface area (Å²) < 4.78 is 16.4. The lowest BCUT2D eigenvalue weighted by Crippen LogP contribution is -2.37. The van der Waals surface area contributed by atoms with Crippen molar-refractivity contribution in [3.8, 4) is 17.2 Å². The van der Waals surface area contributed by atoms with Gasteiger partial charge in [0, 0.05) is 44.4 Å². The highest BCUT2D eigenvalue weighted by atomic mass is 35.5. The zero-order valence-electron chi connectivity index (χ0n) is 17.9. The number of rotatable bonds is 9. The smallest absolute Gasteiger partial charge is 0.251 e.